The molecule has 3 nitrogen and oxygen atoms in total. The third-order valence-electron chi connectivity index (χ3n) is 2.33. The van der Waals surface area contributed by atoms with E-state index in [0.29, 0.717) is 6.54 Å². The van der Waals surface area contributed by atoms with E-state index in [0.717, 1.165) is 11.1 Å². The first-order chi connectivity index (χ1) is 6.74. The van der Waals surface area contributed by atoms with Crippen molar-refractivity contribution in [2.75, 3.05) is 0 Å². The zero-order valence-corrected chi connectivity index (χ0v) is 8.07. The predicted octanol–water partition coefficient (Wildman–Crippen LogP) is 1.84. The maximum Gasteiger partial charge on any atom is 0.273 e. The highest BCUT2D eigenvalue weighted by atomic mass is 16.7. The summed E-state index contributed by atoms with van der Waals surface area (Å²) >= 11 is 0. The fourth-order valence-corrected chi connectivity index (χ4v) is 1.46. The number of hydrogen-bond donors (Lipinski definition) is 1. The second-order valence-electron chi connectivity index (χ2n) is 3.36. The van der Waals surface area contributed by atoms with Gasteiger partial charge in [-0.3, -0.25) is 0 Å². The van der Waals surface area contributed by atoms with Gasteiger partial charge in [0.1, 0.15) is 12.5 Å². The smallest absolute Gasteiger partial charge is 0.273 e. The summed E-state index contributed by atoms with van der Waals surface area (Å²) in [5.74, 6) is -0.689. The summed E-state index contributed by atoms with van der Waals surface area (Å²) < 4.78 is 10.8. The second-order valence-corrected chi connectivity index (χ2v) is 3.36. The van der Waals surface area contributed by atoms with Gasteiger partial charge in [0, 0.05) is 19.0 Å². The standard InChI is InChI=1S/C11H13NO2/c1-11(13-5-6-14-11)10-4-2-3-9(7-10)8-12/h2-7H,8,12H2,1H3. The molecule has 1 aliphatic rings. The van der Waals surface area contributed by atoms with Gasteiger partial charge in [-0.1, -0.05) is 18.2 Å². The molecule has 14 heavy (non-hydrogen) atoms. The molecule has 1 aromatic rings. The number of ether oxygens (including phenoxy) is 2. The molecule has 1 heterocycles. The lowest BCUT2D eigenvalue weighted by Gasteiger charge is -2.23. The Kier molecular flexibility index (Phi) is 2.17. The van der Waals surface area contributed by atoms with Crippen LogP contribution in [0.2, 0.25) is 0 Å². The lowest BCUT2D eigenvalue weighted by molar-refractivity contribution is -0.133. The van der Waals surface area contributed by atoms with Crippen LogP contribution in [0.3, 0.4) is 0 Å². The molecule has 0 unspecified atom stereocenters. The highest BCUT2D eigenvalue weighted by molar-refractivity contribution is 5.27. The van der Waals surface area contributed by atoms with Gasteiger partial charge < -0.3 is 15.2 Å². The number of hydrogen-bond acceptors (Lipinski definition) is 3. The van der Waals surface area contributed by atoms with Gasteiger partial charge in [-0.15, -0.1) is 0 Å². The van der Waals surface area contributed by atoms with E-state index in [4.69, 9.17) is 15.2 Å². The highest BCUT2D eigenvalue weighted by Crippen LogP contribution is 2.31. The maximum atomic E-state index is 5.56. The molecule has 0 fully saturated rings. The van der Waals surface area contributed by atoms with Crippen LogP contribution in [0.1, 0.15) is 18.1 Å². The van der Waals surface area contributed by atoms with Crippen molar-refractivity contribution in [2.24, 2.45) is 5.73 Å². The Morgan fingerprint density at radius 2 is 2.00 bits per heavy atom. The lowest BCUT2D eigenvalue weighted by atomic mass is 10.0. The van der Waals surface area contributed by atoms with E-state index in [1.165, 1.54) is 0 Å². The van der Waals surface area contributed by atoms with Gasteiger partial charge in [0.15, 0.2) is 0 Å². The second kappa shape index (κ2) is 3.35. The van der Waals surface area contributed by atoms with Crippen LogP contribution in [0.5, 0.6) is 0 Å². The molecule has 0 aliphatic carbocycles. The molecule has 0 saturated carbocycles. The van der Waals surface area contributed by atoms with Gasteiger partial charge in [0.25, 0.3) is 5.79 Å². The van der Waals surface area contributed by atoms with Crippen LogP contribution in [0, 0.1) is 0 Å². The average Bonchev–Trinajstić information content (AvgIpc) is 2.67. The molecule has 2 rings (SSSR count). The Labute approximate surface area is 83.1 Å². The Morgan fingerprint density at radius 3 is 2.64 bits per heavy atom. The first-order valence-electron chi connectivity index (χ1n) is 4.55. The van der Waals surface area contributed by atoms with Crippen LogP contribution < -0.4 is 5.73 Å². The van der Waals surface area contributed by atoms with Gasteiger partial charge in [-0.05, 0) is 11.6 Å². The van der Waals surface area contributed by atoms with Crippen LogP contribution in [-0.4, -0.2) is 0 Å². The van der Waals surface area contributed by atoms with Gasteiger partial charge in [-0.2, -0.15) is 0 Å². The first-order valence-corrected chi connectivity index (χ1v) is 4.55. The topological polar surface area (TPSA) is 44.5 Å². The number of nitrogens with two attached hydrogens (primary N) is 1. The summed E-state index contributed by atoms with van der Waals surface area (Å²) in [6.45, 7) is 2.40. The summed E-state index contributed by atoms with van der Waals surface area (Å²) in [4.78, 5) is 0. The quantitative estimate of drug-likeness (QED) is 0.775. The van der Waals surface area contributed by atoms with Crippen LogP contribution >= 0.6 is 0 Å². The summed E-state index contributed by atoms with van der Waals surface area (Å²) in [6.07, 6.45) is 3.10. The van der Waals surface area contributed by atoms with Crippen molar-refractivity contribution in [3.05, 3.63) is 47.9 Å². The van der Waals surface area contributed by atoms with E-state index in [9.17, 15) is 0 Å². The van der Waals surface area contributed by atoms with Crippen molar-refractivity contribution in [1.29, 1.82) is 0 Å². The van der Waals surface area contributed by atoms with Crippen molar-refractivity contribution >= 4 is 0 Å². The van der Waals surface area contributed by atoms with Crippen LogP contribution in [0.4, 0.5) is 0 Å². The third kappa shape index (κ3) is 1.46. The molecule has 0 amide bonds. The van der Waals surface area contributed by atoms with E-state index in [2.05, 4.69) is 0 Å². The monoisotopic (exact) mass is 191 g/mol. The van der Waals surface area contributed by atoms with Gasteiger partial charge in [0.2, 0.25) is 0 Å². The predicted molar refractivity (Wildman–Crippen MR) is 53.0 cm³/mol. The summed E-state index contributed by atoms with van der Waals surface area (Å²) in [7, 11) is 0. The number of rotatable bonds is 2. The summed E-state index contributed by atoms with van der Waals surface area (Å²) in [6, 6.07) is 7.89. The Balaban J connectivity index is 2.31. The molecule has 0 saturated heterocycles. The fraction of sp³-hybridized carbons (Fsp3) is 0.273. The van der Waals surface area contributed by atoms with Crippen molar-refractivity contribution in [2.45, 2.75) is 19.3 Å². The summed E-state index contributed by atoms with van der Waals surface area (Å²) in [5, 5.41) is 0. The van der Waals surface area contributed by atoms with Crippen LogP contribution in [0.15, 0.2) is 36.8 Å². The van der Waals surface area contributed by atoms with Gasteiger partial charge in [0.05, 0.1) is 0 Å². The van der Waals surface area contributed by atoms with Gasteiger partial charge in [-0.25, -0.2) is 0 Å². The Hall–Kier alpha value is -1.48. The van der Waals surface area contributed by atoms with Crippen LogP contribution in [0.25, 0.3) is 0 Å². The molecule has 74 valence electrons. The van der Waals surface area contributed by atoms with Crippen molar-refractivity contribution in [3.8, 4) is 0 Å². The molecule has 0 spiro atoms. The maximum absolute atomic E-state index is 5.56. The molecule has 0 atom stereocenters. The molecular weight excluding hydrogens is 178 g/mol. The Morgan fingerprint density at radius 1 is 1.29 bits per heavy atom. The van der Waals surface area contributed by atoms with E-state index < -0.39 is 5.79 Å². The highest BCUT2D eigenvalue weighted by Gasteiger charge is 2.31. The van der Waals surface area contributed by atoms with E-state index in [-0.39, 0.29) is 0 Å². The molecule has 0 aromatic heterocycles. The molecule has 0 radical (unpaired) electrons. The minimum atomic E-state index is -0.689. The molecule has 1 aliphatic heterocycles. The minimum Gasteiger partial charge on any atom is -0.453 e. The number of benzene rings is 1. The zero-order valence-electron chi connectivity index (χ0n) is 8.07. The van der Waals surface area contributed by atoms with Crippen LogP contribution in [-0.2, 0) is 21.8 Å². The zero-order chi connectivity index (χ0) is 10.0. The average molecular weight is 191 g/mol. The van der Waals surface area contributed by atoms with E-state index in [1.54, 1.807) is 12.5 Å². The van der Waals surface area contributed by atoms with Crippen molar-refractivity contribution in [3.63, 3.8) is 0 Å². The van der Waals surface area contributed by atoms with E-state index in [1.807, 2.05) is 31.2 Å². The largest absolute Gasteiger partial charge is 0.453 e. The molecular formula is C11H13NO2. The minimum absolute atomic E-state index is 0.525. The third-order valence-corrected chi connectivity index (χ3v) is 2.33. The van der Waals surface area contributed by atoms with Crippen molar-refractivity contribution < 1.29 is 9.47 Å². The normalized spacial score (nSPS) is 17.6. The molecule has 2 N–H and O–H groups in total. The summed E-state index contributed by atoms with van der Waals surface area (Å²) in [5.41, 5.74) is 7.61. The lowest BCUT2D eigenvalue weighted by Crippen LogP contribution is -2.22. The SMILES string of the molecule is CC1(c2cccc(CN)c2)OC=CO1. The fourth-order valence-electron chi connectivity index (χ4n) is 1.46. The van der Waals surface area contributed by atoms with Gasteiger partial charge >= 0.3 is 0 Å². The molecule has 0 bridgehead atoms. The molecule has 3 heteroatoms. The van der Waals surface area contributed by atoms with E-state index >= 15 is 0 Å². The Bertz CT molecular complexity index is 352. The first kappa shape index (κ1) is 9.09. The molecule has 1 aromatic carbocycles. The van der Waals surface area contributed by atoms with Crippen molar-refractivity contribution in [1.82, 2.24) is 0 Å².